The summed E-state index contributed by atoms with van der Waals surface area (Å²) < 4.78 is 11.7. The van der Waals surface area contributed by atoms with Crippen LogP contribution < -0.4 is 0 Å². The van der Waals surface area contributed by atoms with Crippen molar-refractivity contribution in [3.63, 3.8) is 0 Å². The monoisotopic (exact) mass is 389 g/mol. The van der Waals surface area contributed by atoms with Crippen LogP contribution in [0.25, 0.3) is 0 Å². The molecular weight excluding hydrogens is 370 g/mol. The molecule has 0 aromatic heterocycles. The van der Waals surface area contributed by atoms with Gasteiger partial charge in [0.15, 0.2) is 0 Å². The first-order chi connectivity index (χ1) is 11.7. The van der Waals surface area contributed by atoms with Gasteiger partial charge in [0.1, 0.15) is 0 Å². The zero-order valence-electron chi connectivity index (χ0n) is 13.6. The van der Waals surface area contributed by atoms with Crippen molar-refractivity contribution in [2.45, 2.75) is 12.6 Å². The van der Waals surface area contributed by atoms with Crippen molar-refractivity contribution < 1.29 is 14.3 Å². The lowest BCUT2D eigenvalue weighted by Crippen LogP contribution is -2.37. The zero-order chi connectivity index (χ0) is 16.9. The molecule has 4 nitrogen and oxygen atoms in total. The van der Waals surface area contributed by atoms with E-state index >= 15 is 0 Å². The third-order valence-corrected chi connectivity index (χ3v) is 4.70. The lowest BCUT2D eigenvalue weighted by Gasteiger charge is -2.33. The second-order valence-corrected chi connectivity index (χ2v) is 6.75. The van der Waals surface area contributed by atoms with Gasteiger partial charge in [-0.25, -0.2) is 4.79 Å². The van der Waals surface area contributed by atoms with Crippen LogP contribution in [0.15, 0.2) is 53.0 Å². The van der Waals surface area contributed by atoms with Crippen molar-refractivity contribution in [1.29, 1.82) is 0 Å². The molecule has 2 aromatic carbocycles. The van der Waals surface area contributed by atoms with Crippen molar-refractivity contribution >= 4 is 21.9 Å². The van der Waals surface area contributed by atoms with Crippen molar-refractivity contribution in [1.82, 2.24) is 4.90 Å². The number of benzene rings is 2. The van der Waals surface area contributed by atoms with Gasteiger partial charge in [-0.3, -0.25) is 4.90 Å². The molecule has 5 heteroatoms. The Morgan fingerprint density at radius 1 is 1.21 bits per heavy atom. The Hall–Kier alpha value is -1.69. The van der Waals surface area contributed by atoms with E-state index in [0.29, 0.717) is 5.56 Å². The van der Waals surface area contributed by atoms with Crippen molar-refractivity contribution in [2.75, 3.05) is 26.8 Å². The van der Waals surface area contributed by atoms with Gasteiger partial charge in [0.05, 0.1) is 25.4 Å². The molecule has 1 aliphatic heterocycles. The maximum Gasteiger partial charge on any atom is 0.337 e. The molecule has 0 radical (unpaired) electrons. The van der Waals surface area contributed by atoms with Crippen LogP contribution in [0.4, 0.5) is 0 Å². The largest absolute Gasteiger partial charge is 0.465 e. The van der Waals surface area contributed by atoms with E-state index in [1.165, 1.54) is 18.2 Å². The van der Waals surface area contributed by atoms with E-state index in [-0.39, 0.29) is 12.1 Å². The predicted octanol–water partition coefficient (Wildman–Crippen LogP) is 3.81. The molecule has 126 valence electrons. The molecule has 1 aliphatic rings. The SMILES string of the molecule is COC(=O)c1ccc(CN2CCOC(c3ccc(Br)cc3)C2)cc1. The molecule has 0 spiro atoms. The molecule has 0 aliphatic carbocycles. The highest BCUT2D eigenvalue weighted by atomic mass is 79.9. The summed E-state index contributed by atoms with van der Waals surface area (Å²) in [7, 11) is 1.40. The van der Waals surface area contributed by atoms with Crippen molar-refractivity contribution in [2.24, 2.45) is 0 Å². The summed E-state index contributed by atoms with van der Waals surface area (Å²) in [5.74, 6) is -0.303. The molecule has 0 amide bonds. The quantitative estimate of drug-likeness (QED) is 0.745. The van der Waals surface area contributed by atoms with Gasteiger partial charge in [-0.1, -0.05) is 40.2 Å². The highest BCUT2D eigenvalue weighted by molar-refractivity contribution is 9.10. The standard InChI is InChI=1S/C19H20BrNO3/c1-23-19(22)16-4-2-14(3-5-16)12-21-10-11-24-18(13-21)15-6-8-17(20)9-7-15/h2-9,18H,10-13H2,1H3. The van der Waals surface area contributed by atoms with Gasteiger partial charge in [0.25, 0.3) is 0 Å². The summed E-state index contributed by atoms with van der Waals surface area (Å²) in [5, 5.41) is 0. The Kier molecular flexibility index (Phi) is 5.66. The minimum atomic E-state index is -0.303. The Morgan fingerprint density at radius 2 is 1.92 bits per heavy atom. The normalized spacial score (nSPS) is 18.3. The molecule has 0 N–H and O–H groups in total. The molecule has 24 heavy (non-hydrogen) atoms. The summed E-state index contributed by atoms with van der Waals surface area (Å²) >= 11 is 3.46. The number of hydrogen-bond donors (Lipinski definition) is 0. The fraction of sp³-hybridized carbons (Fsp3) is 0.316. The minimum Gasteiger partial charge on any atom is -0.465 e. The molecule has 2 aromatic rings. The average Bonchev–Trinajstić information content (AvgIpc) is 2.62. The maximum atomic E-state index is 11.5. The van der Waals surface area contributed by atoms with Gasteiger partial charge in [-0.05, 0) is 35.4 Å². The van der Waals surface area contributed by atoms with Gasteiger partial charge in [0, 0.05) is 24.1 Å². The first-order valence-corrected chi connectivity index (χ1v) is 8.71. The van der Waals surface area contributed by atoms with Crippen LogP contribution in [0.5, 0.6) is 0 Å². The minimum absolute atomic E-state index is 0.0983. The highest BCUT2D eigenvalue weighted by Crippen LogP contribution is 2.24. The van der Waals surface area contributed by atoms with E-state index in [1.807, 2.05) is 36.4 Å². The molecular formula is C19H20BrNO3. The number of esters is 1. The van der Waals surface area contributed by atoms with Gasteiger partial charge in [-0.2, -0.15) is 0 Å². The van der Waals surface area contributed by atoms with E-state index in [9.17, 15) is 4.79 Å². The Labute approximate surface area is 150 Å². The third kappa shape index (κ3) is 4.23. The summed E-state index contributed by atoms with van der Waals surface area (Å²) in [6, 6.07) is 15.9. The smallest absolute Gasteiger partial charge is 0.337 e. The molecule has 1 unspecified atom stereocenters. The Bertz CT molecular complexity index is 685. The number of halogens is 1. The van der Waals surface area contributed by atoms with Crippen LogP contribution >= 0.6 is 15.9 Å². The van der Waals surface area contributed by atoms with Gasteiger partial charge < -0.3 is 9.47 Å². The second kappa shape index (κ2) is 7.92. The number of carbonyl (C=O) groups excluding carboxylic acids is 1. The predicted molar refractivity (Wildman–Crippen MR) is 95.9 cm³/mol. The van der Waals surface area contributed by atoms with E-state index < -0.39 is 0 Å². The number of methoxy groups -OCH3 is 1. The van der Waals surface area contributed by atoms with Gasteiger partial charge >= 0.3 is 5.97 Å². The first-order valence-electron chi connectivity index (χ1n) is 7.92. The van der Waals surface area contributed by atoms with Crippen molar-refractivity contribution in [3.05, 3.63) is 69.7 Å². The van der Waals surface area contributed by atoms with E-state index in [2.05, 4.69) is 33.0 Å². The summed E-state index contributed by atoms with van der Waals surface area (Å²) in [4.78, 5) is 13.9. The number of hydrogen-bond acceptors (Lipinski definition) is 4. The van der Waals surface area contributed by atoms with Gasteiger partial charge in [-0.15, -0.1) is 0 Å². The molecule has 1 atom stereocenters. The summed E-state index contributed by atoms with van der Waals surface area (Å²) in [6.07, 6.45) is 0.0983. The molecule has 1 saturated heterocycles. The van der Waals surface area contributed by atoms with Crippen LogP contribution in [0.1, 0.15) is 27.6 Å². The average molecular weight is 390 g/mol. The summed E-state index contributed by atoms with van der Waals surface area (Å²) in [5.41, 5.74) is 2.96. The zero-order valence-corrected chi connectivity index (χ0v) is 15.2. The number of ether oxygens (including phenoxy) is 2. The second-order valence-electron chi connectivity index (χ2n) is 5.83. The number of carbonyl (C=O) groups is 1. The third-order valence-electron chi connectivity index (χ3n) is 4.17. The van der Waals surface area contributed by atoms with Crippen LogP contribution in [-0.4, -0.2) is 37.7 Å². The lowest BCUT2D eigenvalue weighted by atomic mass is 10.1. The topological polar surface area (TPSA) is 38.8 Å². The summed E-state index contributed by atoms with van der Waals surface area (Å²) in [6.45, 7) is 3.34. The number of morpholine rings is 1. The number of nitrogens with zero attached hydrogens (tertiary/aromatic N) is 1. The molecule has 3 rings (SSSR count). The Balaban J connectivity index is 1.63. The van der Waals surface area contributed by atoms with E-state index in [4.69, 9.17) is 9.47 Å². The first kappa shape index (κ1) is 17.1. The van der Waals surface area contributed by atoms with E-state index in [0.717, 1.165) is 30.7 Å². The lowest BCUT2D eigenvalue weighted by molar-refractivity contribution is -0.0329. The van der Waals surface area contributed by atoms with Crippen molar-refractivity contribution in [3.8, 4) is 0 Å². The van der Waals surface area contributed by atoms with Crippen LogP contribution in [0.2, 0.25) is 0 Å². The van der Waals surface area contributed by atoms with Crippen LogP contribution in [-0.2, 0) is 16.0 Å². The van der Waals surface area contributed by atoms with Crippen LogP contribution in [0, 0.1) is 0 Å². The molecule has 0 saturated carbocycles. The highest BCUT2D eigenvalue weighted by Gasteiger charge is 2.22. The molecule has 0 bridgehead atoms. The molecule has 1 heterocycles. The van der Waals surface area contributed by atoms with E-state index in [1.54, 1.807) is 0 Å². The Morgan fingerprint density at radius 3 is 2.58 bits per heavy atom. The van der Waals surface area contributed by atoms with Gasteiger partial charge in [0.2, 0.25) is 0 Å². The fourth-order valence-electron chi connectivity index (χ4n) is 2.85. The molecule has 1 fully saturated rings. The number of rotatable bonds is 4. The van der Waals surface area contributed by atoms with Crippen LogP contribution in [0.3, 0.4) is 0 Å². The fourth-order valence-corrected chi connectivity index (χ4v) is 3.11. The maximum absolute atomic E-state index is 11.5.